The van der Waals surface area contributed by atoms with Crippen LogP contribution in [-0.2, 0) is 0 Å². The lowest BCUT2D eigenvalue weighted by Gasteiger charge is -1.98. The first-order valence-corrected chi connectivity index (χ1v) is 3.29. The van der Waals surface area contributed by atoms with E-state index < -0.39 is 16.6 Å². The minimum Gasteiger partial charge on any atom is -0.477 e. The average Bonchev–Trinajstić information content (AvgIpc) is 2.03. The molecule has 1 aromatic rings. The van der Waals surface area contributed by atoms with Crippen molar-refractivity contribution >= 4 is 25.0 Å². The molecule has 6 heteroatoms. The maximum absolute atomic E-state index is 10.5. The number of hydrogen-bond donors (Lipinski definition) is 1. The van der Waals surface area contributed by atoms with E-state index in [4.69, 9.17) is 13.0 Å². The van der Waals surface area contributed by atoms with Crippen molar-refractivity contribution in [2.45, 2.75) is 0 Å². The van der Waals surface area contributed by atoms with Crippen LogP contribution in [0.25, 0.3) is 0 Å². The average molecular weight is 177 g/mol. The summed E-state index contributed by atoms with van der Waals surface area (Å²) in [6, 6.07) is 3.43. The molecule has 2 radical (unpaired) electrons. The van der Waals surface area contributed by atoms with Gasteiger partial charge in [-0.2, -0.15) is 0 Å². The SMILES string of the molecule is [B]c1ccc(C(=O)O)c([N+](=O)[O-])c1. The molecule has 0 saturated heterocycles. The van der Waals surface area contributed by atoms with Gasteiger partial charge in [0.25, 0.3) is 5.69 Å². The maximum atomic E-state index is 10.5. The number of hydrogen-bond acceptors (Lipinski definition) is 3. The Kier molecular flexibility index (Phi) is 2.32. The zero-order valence-corrected chi connectivity index (χ0v) is 6.43. The normalized spacial score (nSPS) is 9.54. The summed E-state index contributed by atoms with van der Waals surface area (Å²) in [4.78, 5) is 20.1. The van der Waals surface area contributed by atoms with Gasteiger partial charge in [0.15, 0.2) is 0 Å². The van der Waals surface area contributed by atoms with Crippen molar-refractivity contribution in [3.8, 4) is 0 Å². The van der Waals surface area contributed by atoms with Crippen molar-refractivity contribution in [1.82, 2.24) is 0 Å². The van der Waals surface area contributed by atoms with E-state index in [1.165, 1.54) is 6.07 Å². The van der Waals surface area contributed by atoms with Crippen LogP contribution in [0.2, 0.25) is 0 Å². The molecule has 1 N–H and O–H groups in total. The third kappa shape index (κ3) is 1.84. The maximum Gasteiger partial charge on any atom is 0.342 e. The molecule has 0 spiro atoms. The van der Waals surface area contributed by atoms with Crippen LogP contribution in [0, 0.1) is 10.1 Å². The van der Waals surface area contributed by atoms with Crippen LogP contribution in [0.15, 0.2) is 18.2 Å². The van der Waals surface area contributed by atoms with Crippen molar-refractivity contribution in [2.24, 2.45) is 0 Å². The van der Waals surface area contributed by atoms with Crippen LogP contribution < -0.4 is 5.46 Å². The number of benzene rings is 1. The van der Waals surface area contributed by atoms with Gasteiger partial charge >= 0.3 is 5.97 Å². The molecule has 13 heavy (non-hydrogen) atoms. The van der Waals surface area contributed by atoms with Crippen LogP contribution in [0.5, 0.6) is 0 Å². The Balaban J connectivity index is 3.35. The van der Waals surface area contributed by atoms with Crippen LogP contribution in [-0.4, -0.2) is 23.8 Å². The highest BCUT2D eigenvalue weighted by molar-refractivity contribution is 6.32. The highest BCUT2D eigenvalue weighted by atomic mass is 16.6. The van der Waals surface area contributed by atoms with Gasteiger partial charge in [-0.3, -0.25) is 10.1 Å². The number of nitro benzene ring substituents is 1. The fraction of sp³-hybridized carbons (Fsp3) is 0. The lowest BCUT2D eigenvalue weighted by Crippen LogP contribution is -2.09. The summed E-state index contributed by atoms with van der Waals surface area (Å²) in [5, 5.41) is 18.9. The van der Waals surface area contributed by atoms with Gasteiger partial charge in [0.05, 0.1) is 4.92 Å². The molecular formula is C7H4BNO4. The van der Waals surface area contributed by atoms with Gasteiger partial charge in [-0.15, -0.1) is 0 Å². The highest BCUT2D eigenvalue weighted by Crippen LogP contribution is 2.15. The molecular weight excluding hydrogens is 173 g/mol. The number of carbonyl (C=O) groups is 1. The van der Waals surface area contributed by atoms with Gasteiger partial charge in [-0.05, 0) is 6.07 Å². The topological polar surface area (TPSA) is 80.4 Å². The molecule has 0 heterocycles. The minimum absolute atomic E-state index is 0.164. The van der Waals surface area contributed by atoms with Crippen LogP contribution in [0.1, 0.15) is 10.4 Å². The van der Waals surface area contributed by atoms with E-state index in [2.05, 4.69) is 0 Å². The van der Waals surface area contributed by atoms with E-state index in [1.54, 1.807) is 0 Å². The van der Waals surface area contributed by atoms with Gasteiger partial charge < -0.3 is 5.11 Å². The Bertz CT molecular complexity index is 377. The molecule has 0 aliphatic heterocycles. The van der Waals surface area contributed by atoms with Gasteiger partial charge in [0, 0.05) is 6.07 Å². The molecule has 0 atom stereocenters. The molecule has 0 bridgehead atoms. The van der Waals surface area contributed by atoms with Crippen molar-refractivity contribution in [2.75, 3.05) is 0 Å². The van der Waals surface area contributed by atoms with E-state index in [0.717, 1.165) is 12.1 Å². The summed E-state index contributed by atoms with van der Waals surface area (Å²) >= 11 is 0. The zero-order valence-electron chi connectivity index (χ0n) is 6.43. The molecule has 0 fully saturated rings. The summed E-state index contributed by atoms with van der Waals surface area (Å²) in [6.45, 7) is 0. The smallest absolute Gasteiger partial charge is 0.342 e. The van der Waals surface area contributed by atoms with E-state index >= 15 is 0 Å². The van der Waals surface area contributed by atoms with Gasteiger partial charge in [-0.25, -0.2) is 4.79 Å². The zero-order chi connectivity index (χ0) is 10.0. The molecule has 0 amide bonds. The molecule has 0 unspecified atom stereocenters. The number of carboxylic acids is 1. The number of aromatic carboxylic acids is 1. The second-order valence-electron chi connectivity index (χ2n) is 2.34. The quantitative estimate of drug-likeness (QED) is 0.394. The van der Waals surface area contributed by atoms with Crippen molar-refractivity contribution < 1.29 is 14.8 Å². The predicted octanol–water partition coefficient (Wildman–Crippen LogP) is 0.0868. The fourth-order valence-corrected chi connectivity index (χ4v) is 0.881. The van der Waals surface area contributed by atoms with E-state index in [-0.39, 0.29) is 11.0 Å². The van der Waals surface area contributed by atoms with Gasteiger partial charge in [0.2, 0.25) is 0 Å². The summed E-state index contributed by atoms with van der Waals surface area (Å²) in [5.74, 6) is -1.34. The first-order chi connectivity index (χ1) is 6.02. The molecule has 1 aromatic carbocycles. The Morgan fingerprint density at radius 1 is 1.54 bits per heavy atom. The van der Waals surface area contributed by atoms with Gasteiger partial charge in [-0.1, -0.05) is 11.5 Å². The number of nitrogens with zero attached hydrogens (tertiary/aromatic N) is 1. The summed E-state index contributed by atoms with van der Waals surface area (Å²) in [5.41, 5.74) is -0.691. The Morgan fingerprint density at radius 3 is 2.62 bits per heavy atom. The van der Waals surface area contributed by atoms with E-state index in [9.17, 15) is 14.9 Å². The lowest BCUT2D eigenvalue weighted by atomic mass is 9.94. The van der Waals surface area contributed by atoms with E-state index in [1.807, 2.05) is 0 Å². The summed E-state index contributed by atoms with van der Waals surface area (Å²) in [6.07, 6.45) is 0. The number of rotatable bonds is 2. The van der Waals surface area contributed by atoms with Crippen LogP contribution >= 0.6 is 0 Å². The van der Waals surface area contributed by atoms with Crippen molar-refractivity contribution in [3.63, 3.8) is 0 Å². The summed E-state index contributed by atoms with van der Waals surface area (Å²) < 4.78 is 0. The molecule has 5 nitrogen and oxygen atoms in total. The standard InChI is InChI=1S/C7H4BNO4/c8-4-1-2-5(7(10)11)6(3-4)9(12)13/h1-3H,(H,10,11). The Hall–Kier alpha value is -1.85. The molecule has 1 rings (SSSR count). The Labute approximate surface area is 74.6 Å². The lowest BCUT2D eigenvalue weighted by molar-refractivity contribution is -0.385. The highest BCUT2D eigenvalue weighted by Gasteiger charge is 2.18. The van der Waals surface area contributed by atoms with E-state index in [0.29, 0.717) is 0 Å². The molecule has 0 aliphatic rings. The Morgan fingerprint density at radius 2 is 2.15 bits per heavy atom. The number of carboxylic acid groups (broad SMARTS) is 1. The number of nitro groups is 1. The third-order valence-electron chi connectivity index (χ3n) is 1.45. The first kappa shape index (κ1) is 9.24. The first-order valence-electron chi connectivity index (χ1n) is 3.29. The second kappa shape index (κ2) is 3.26. The van der Waals surface area contributed by atoms with Gasteiger partial charge in [0.1, 0.15) is 13.4 Å². The molecule has 0 aromatic heterocycles. The monoisotopic (exact) mass is 177 g/mol. The second-order valence-corrected chi connectivity index (χ2v) is 2.34. The minimum atomic E-state index is -1.34. The van der Waals surface area contributed by atoms with Crippen molar-refractivity contribution in [3.05, 3.63) is 33.9 Å². The molecule has 0 saturated carbocycles. The molecule has 64 valence electrons. The fourth-order valence-electron chi connectivity index (χ4n) is 0.881. The summed E-state index contributed by atoms with van der Waals surface area (Å²) in [7, 11) is 5.27. The van der Waals surface area contributed by atoms with Crippen molar-refractivity contribution in [1.29, 1.82) is 0 Å². The van der Waals surface area contributed by atoms with Crippen LogP contribution in [0.3, 0.4) is 0 Å². The van der Waals surface area contributed by atoms with Crippen LogP contribution in [0.4, 0.5) is 5.69 Å². The largest absolute Gasteiger partial charge is 0.477 e. The predicted molar refractivity (Wildman–Crippen MR) is 45.4 cm³/mol. The third-order valence-corrected chi connectivity index (χ3v) is 1.45. The molecule has 0 aliphatic carbocycles.